The molecule has 1 unspecified atom stereocenters. The maximum absolute atomic E-state index is 11.4. The molecule has 7 heteroatoms. The molecule has 0 saturated heterocycles. The Balaban J connectivity index is 4.79. The van der Waals surface area contributed by atoms with Crippen LogP contribution in [0.1, 0.15) is 20.3 Å². The van der Waals surface area contributed by atoms with Crippen LogP contribution in [0.2, 0.25) is 0 Å². The lowest BCUT2D eigenvalue weighted by molar-refractivity contribution is 0.467. The van der Waals surface area contributed by atoms with E-state index in [1.807, 2.05) is 0 Å². The van der Waals surface area contributed by atoms with Gasteiger partial charge in [-0.1, -0.05) is 19.1 Å². The van der Waals surface area contributed by atoms with Gasteiger partial charge in [-0.3, -0.25) is 4.55 Å². The van der Waals surface area contributed by atoms with Gasteiger partial charge in [0, 0.05) is 0 Å². The van der Waals surface area contributed by atoms with Gasteiger partial charge in [-0.05, 0) is 13.3 Å². The van der Waals surface area contributed by atoms with Crippen molar-refractivity contribution in [2.75, 3.05) is 11.5 Å². The van der Waals surface area contributed by atoms with E-state index in [1.54, 1.807) is 6.92 Å². The fourth-order valence-corrected chi connectivity index (χ4v) is 4.53. The highest BCUT2D eigenvalue weighted by Crippen LogP contribution is 2.09. The van der Waals surface area contributed by atoms with Crippen LogP contribution in [-0.2, 0) is 20.0 Å². The Labute approximate surface area is 90.9 Å². The van der Waals surface area contributed by atoms with Crippen LogP contribution in [0.5, 0.6) is 0 Å². The van der Waals surface area contributed by atoms with E-state index in [4.69, 9.17) is 4.55 Å². The van der Waals surface area contributed by atoms with E-state index in [-0.39, 0.29) is 12.2 Å². The minimum absolute atomic E-state index is 0.0637. The summed E-state index contributed by atoms with van der Waals surface area (Å²) in [5.74, 6) is -0.811. The molecule has 0 aliphatic carbocycles. The summed E-state index contributed by atoms with van der Waals surface area (Å²) in [5.41, 5.74) is 0.445. The summed E-state index contributed by atoms with van der Waals surface area (Å²) in [5, 5.41) is -1.25. The molecule has 5 nitrogen and oxygen atoms in total. The molecule has 0 spiro atoms. The van der Waals surface area contributed by atoms with Crippen LogP contribution in [0.3, 0.4) is 0 Å². The molecule has 0 radical (unpaired) electrons. The van der Waals surface area contributed by atoms with E-state index in [0.717, 1.165) is 0 Å². The maximum atomic E-state index is 11.4. The van der Waals surface area contributed by atoms with Gasteiger partial charge in [0.25, 0.3) is 10.1 Å². The molecule has 0 fully saturated rings. The van der Waals surface area contributed by atoms with Gasteiger partial charge in [0.15, 0.2) is 9.84 Å². The Hall–Kier alpha value is -0.400. The summed E-state index contributed by atoms with van der Waals surface area (Å²) < 4.78 is 53.2. The molecule has 15 heavy (non-hydrogen) atoms. The summed E-state index contributed by atoms with van der Waals surface area (Å²) in [6.45, 7) is 6.50. The van der Waals surface area contributed by atoms with Crippen LogP contribution in [0.25, 0.3) is 0 Å². The van der Waals surface area contributed by atoms with Crippen molar-refractivity contribution in [3.05, 3.63) is 12.2 Å². The average molecular weight is 256 g/mol. The normalized spacial score (nSPS) is 14.9. The van der Waals surface area contributed by atoms with Gasteiger partial charge in [0.05, 0.1) is 11.5 Å². The van der Waals surface area contributed by atoms with Crippen LogP contribution in [0, 0.1) is 0 Å². The molecule has 0 aromatic carbocycles. The molecule has 90 valence electrons. The van der Waals surface area contributed by atoms with Crippen LogP contribution in [-0.4, -0.2) is 38.1 Å². The first-order valence-electron chi connectivity index (χ1n) is 4.39. The molecule has 1 atom stereocenters. The zero-order valence-corrected chi connectivity index (χ0v) is 10.4. The van der Waals surface area contributed by atoms with Crippen molar-refractivity contribution in [1.82, 2.24) is 0 Å². The predicted octanol–water partition coefficient (Wildman–Crippen LogP) is 0.644. The summed E-state index contributed by atoms with van der Waals surface area (Å²) in [4.78, 5) is 0. The van der Waals surface area contributed by atoms with Crippen LogP contribution >= 0.6 is 0 Å². The molecule has 1 N–H and O–H groups in total. The second-order valence-electron chi connectivity index (χ2n) is 3.56. The van der Waals surface area contributed by atoms with Crippen molar-refractivity contribution in [1.29, 1.82) is 0 Å². The monoisotopic (exact) mass is 256 g/mol. The highest BCUT2D eigenvalue weighted by Gasteiger charge is 2.27. The van der Waals surface area contributed by atoms with Crippen LogP contribution in [0.15, 0.2) is 12.2 Å². The fourth-order valence-electron chi connectivity index (χ4n) is 1.13. The van der Waals surface area contributed by atoms with E-state index in [2.05, 4.69) is 6.58 Å². The topological polar surface area (TPSA) is 88.5 Å². The Morgan fingerprint density at radius 2 is 1.80 bits per heavy atom. The molecule has 0 aromatic heterocycles. The van der Waals surface area contributed by atoms with E-state index >= 15 is 0 Å². The van der Waals surface area contributed by atoms with Crippen molar-refractivity contribution < 1.29 is 21.4 Å². The van der Waals surface area contributed by atoms with Crippen LogP contribution in [0.4, 0.5) is 0 Å². The number of sulfone groups is 1. The lowest BCUT2D eigenvalue weighted by Crippen LogP contribution is -2.30. The van der Waals surface area contributed by atoms with Gasteiger partial charge < -0.3 is 0 Å². The minimum Gasteiger partial charge on any atom is -0.285 e. The summed E-state index contributed by atoms with van der Waals surface area (Å²) in [6, 6.07) is 0. The highest BCUT2D eigenvalue weighted by molar-refractivity contribution is 7.93. The van der Waals surface area contributed by atoms with Crippen LogP contribution < -0.4 is 0 Å². The maximum Gasteiger partial charge on any atom is 0.268 e. The lowest BCUT2D eigenvalue weighted by atomic mass is 10.4. The number of rotatable bonds is 6. The standard InChI is InChI=1S/C8H16O5S2/c1-4-8(15(11,12)13)6-14(9,10)5-7(2)3/h8H,2,4-6H2,1,3H3,(H,11,12,13). The zero-order chi connectivity index (χ0) is 12.3. The van der Waals surface area contributed by atoms with Crippen molar-refractivity contribution in [2.45, 2.75) is 25.5 Å². The van der Waals surface area contributed by atoms with Gasteiger partial charge in [-0.25, -0.2) is 8.42 Å². The van der Waals surface area contributed by atoms with Crippen molar-refractivity contribution >= 4 is 20.0 Å². The van der Waals surface area contributed by atoms with Crippen molar-refractivity contribution in [3.63, 3.8) is 0 Å². The minimum atomic E-state index is -4.29. The van der Waals surface area contributed by atoms with Gasteiger partial charge in [0.1, 0.15) is 5.25 Å². The second kappa shape index (κ2) is 5.09. The lowest BCUT2D eigenvalue weighted by Gasteiger charge is -2.11. The molecule has 0 rings (SSSR count). The first-order chi connectivity index (χ1) is 6.58. The molecule has 0 aliphatic heterocycles. The predicted molar refractivity (Wildman–Crippen MR) is 59.1 cm³/mol. The third-order valence-electron chi connectivity index (χ3n) is 1.78. The molecule has 0 aliphatic rings. The largest absolute Gasteiger partial charge is 0.285 e. The smallest absolute Gasteiger partial charge is 0.268 e. The molecule has 0 heterocycles. The molecular formula is C8H16O5S2. The highest BCUT2D eigenvalue weighted by atomic mass is 32.2. The molecule has 0 amide bonds. The third-order valence-corrected chi connectivity index (χ3v) is 5.18. The van der Waals surface area contributed by atoms with Gasteiger partial charge in [-0.2, -0.15) is 8.42 Å². The Kier molecular flexibility index (Phi) is 4.95. The van der Waals surface area contributed by atoms with Crippen molar-refractivity contribution in [3.8, 4) is 0 Å². The third kappa shape index (κ3) is 5.91. The summed E-state index contributed by atoms with van der Waals surface area (Å²) in [6.07, 6.45) is 0.0637. The summed E-state index contributed by atoms with van der Waals surface area (Å²) >= 11 is 0. The van der Waals surface area contributed by atoms with E-state index < -0.39 is 31.0 Å². The Morgan fingerprint density at radius 1 is 1.33 bits per heavy atom. The van der Waals surface area contributed by atoms with Crippen molar-refractivity contribution in [2.24, 2.45) is 0 Å². The Bertz CT molecular complexity index is 418. The van der Waals surface area contributed by atoms with Gasteiger partial charge in [-0.15, -0.1) is 0 Å². The SMILES string of the molecule is C=C(C)CS(=O)(=O)CC(CC)S(=O)(=O)O. The molecule has 0 bridgehead atoms. The first-order valence-corrected chi connectivity index (χ1v) is 7.72. The fraction of sp³-hybridized carbons (Fsp3) is 0.750. The molecule has 0 aromatic rings. The first kappa shape index (κ1) is 14.6. The second-order valence-corrected chi connectivity index (χ2v) is 7.36. The summed E-state index contributed by atoms with van der Waals surface area (Å²) in [7, 11) is -7.81. The quantitative estimate of drug-likeness (QED) is 0.556. The Morgan fingerprint density at radius 3 is 2.07 bits per heavy atom. The van der Waals surface area contributed by atoms with E-state index in [1.165, 1.54) is 6.92 Å². The zero-order valence-electron chi connectivity index (χ0n) is 8.80. The number of hydrogen-bond donors (Lipinski definition) is 1. The number of hydrogen-bond acceptors (Lipinski definition) is 4. The van der Waals surface area contributed by atoms with E-state index in [0.29, 0.717) is 5.57 Å². The average Bonchev–Trinajstić information content (AvgIpc) is 1.95. The molecular weight excluding hydrogens is 240 g/mol. The van der Waals surface area contributed by atoms with Gasteiger partial charge >= 0.3 is 0 Å². The molecule has 0 saturated carbocycles. The van der Waals surface area contributed by atoms with E-state index in [9.17, 15) is 16.8 Å². The van der Waals surface area contributed by atoms with Gasteiger partial charge in [0.2, 0.25) is 0 Å².